The highest BCUT2D eigenvalue weighted by atomic mass is 35.5. The third-order valence-corrected chi connectivity index (χ3v) is 3.24. The van der Waals surface area contributed by atoms with Crippen molar-refractivity contribution in [1.29, 1.82) is 5.26 Å². The largest absolute Gasteiger partial charge is 0.487 e. The molecule has 96 valence electrons. The van der Waals surface area contributed by atoms with Crippen LogP contribution in [0, 0.1) is 11.3 Å². The molecule has 0 aliphatic carbocycles. The molecule has 0 heterocycles. The Labute approximate surface area is 122 Å². The zero-order valence-electron chi connectivity index (χ0n) is 10.1. The second-order valence-electron chi connectivity index (χ2n) is 3.96. The minimum atomic E-state index is 0.350. The van der Waals surface area contributed by atoms with E-state index in [9.17, 15) is 0 Å². The molecule has 19 heavy (non-hydrogen) atoms. The summed E-state index contributed by atoms with van der Waals surface area (Å²) >= 11 is 11.9. The van der Waals surface area contributed by atoms with E-state index in [0.717, 1.165) is 11.1 Å². The van der Waals surface area contributed by atoms with Crippen LogP contribution in [-0.2, 0) is 12.5 Å². The molecule has 0 bridgehead atoms. The number of para-hydroxylation sites is 1. The van der Waals surface area contributed by atoms with E-state index in [0.29, 0.717) is 28.8 Å². The number of ether oxygens (including phenoxy) is 1. The molecule has 2 nitrogen and oxygen atoms in total. The molecule has 0 aromatic heterocycles. The van der Waals surface area contributed by atoms with Gasteiger partial charge in [-0.3, -0.25) is 0 Å². The minimum absolute atomic E-state index is 0.350. The second kappa shape index (κ2) is 6.47. The first-order valence-electron chi connectivity index (χ1n) is 5.70. The maximum Gasteiger partial charge on any atom is 0.142 e. The SMILES string of the molecule is N#Cc1ccc(COc2c(Cl)cccc2CCl)cc1. The maximum atomic E-state index is 8.73. The number of hydrogen-bond acceptors (Lipinski definition) is 2. The third kappa shape index (κ3) is 3.41. The first-order valence-corrected chi connectivity index (χ1v) is 6.61. The van der Waals surface area contributed by atoms with Crippen LogP contribution in [0.5, 0.6) is 5.75 Å². The Balaban J connectivity index is 2.12. The van der Waals surface area contributed by atoms with E-state index in [4.69, 9.17) is 33.2 Å². The van der Waals surface area contributed by atoms with Crippen LogP contribution in [0.25, 0.3) is 0 Å². The Bertz CT molecular complexity index is 603. The number of nitriles is 1. The Morgan fingerprint density at radius 2 is 1.84 bits per heavy atom. The van der Waals surface area contributed by atoms with Gasteiger partial charge in [0.1, 0.15) is 12.4 Å². The first kappa shape index (κ1) is 13.7. The smallest absolute Gasteiger partial charge is 0.142 e. The molecule has 0 aliphatic rings. The van der Waals surface area contributed by atoms with Crippen LogP contribution in [0.2, 0.25) is 5.02 Å². The summed E-state index contributed by atoms with van der Waals surface area (Å²) < 4.78 is 5.72. The fraction of sp³-hybridized carbons (Fsp3) is 0.133. The lowest BCUT2D eigenvalue weighted by atomic mass is 10.1. The molecule has 0 N–H and O–H groups in total. The first-order chi connectivity index (χ1) is 9.24. The predicted octanol–water partition coefficient (Wildman–Crippen LogP) is 4.53. The van der Waals surface area contributed by atoms with E-state index in [2.05, 4.69) is 6.07 Å². The van der Waals surface area contributed by atoms with Gasteiger partial charge in [0.05, 0.1) is 22.5 Å². The van der Waals surface area contributed by atoms with Crippen molar-refractivity contribution in [2.45, 2.75) is 12.5 Å². The quantitative estimate of drug-likeness (QED) is 0.776. The van der Waals surface area contributed by atoms with Gasteiger partial charge in [-0.05, 0) is 23.8 Å². The van der Waals surface area contributed by atoms with Gasteiger partial charge in [0.15, 0.2) is 0 Å². The highest BCUT2D eigenvalue weighted by Crippen LogP contribution is 2.30. The molecular formula is C15H11Cl2NO. The van der Waals surface area contributed by atoms with Crippen LogP contribution < -0.4 is 4.74 Å². The number of hydrogen-bond donors (Lipinski definition) is 0. The molecule has 2 aromatic carbocycles. The maximum absolute atomic E-state index is 8.73. The van der Waals surface area contributed by atoms with Crippen molar-refractivity contribution in [2.75, 3.05) is 0 Å². The van der Waals surface area contributed by atoms with Gasteiger partial charge in [-0.2, -0.15) is 5.26 Å². The van der Waals surface area contributed by atoms with Gasteiger partial charge in [-0.15, -0.1) is 11.6 Å². The molecule has 0 saturated carbocycles. The summed E-state index contributed by atoms with van der Waals surface area (Å²) in [6.07, 6.45) is 0. The van der Waals surface area contributed by atoms with Crippen LogP contribution in [0.15, 0.2) is 42.5 Å². The van der Waals surface area contributed by atoms with Crippen molar-refractivity contribution in [2.24, 2.45) is 0 Å². The molecular weight excluding hydrogens is 281 g/mol. The summed E-state index contributed by atoms with van der Waals surface area (Å²) in [5.41, 5.74) is 2.46. The highest BCUT2D eigenvalue weighted by molar-refractivity contribution is 6.32. The molecule has 0 radical (unpaired) electrons. The summed E-state index contributed by atoms with van der Waals surface area (Å²) in [5.74, 6) is 0.965. The fourth-order valence-corrected chi connectivity index (χ4v) is 2.11. The summed E-state index contributed by atoms with van der Waals surface area (Å²) in [4.78, 5) is 0. The Kier molecular flexibility index (Phi) is 4.68. The van der Waals surface area contributed by atoms with Gasteiger partial charge in [0.25, 0.3) is 0 Å². The van der Waals surface area contributed by atoms with E-state index in [1.54, 1.807) is 18.2 Å². The predicted molar refractivity (Wildman–Crippen MR) is 76.5 cm³/mol. The van der Waals surface area contributed by atoms with Crippen molar-refractivity contribution >= 4 is 23.2 Å². The normalized spacial score (nSPS) is 9.95. The fourth-order valence-electron chi connectivity index (χ4n) is 1.65. The van der Waals surface area contributed by atoms with Gasteiger partial charge >= 0.3 is 0 Å². The van der Waals surface area contributed by atoms with E-state index in [-0.39, 0.29) is 0 Å². The molecule has 0 atom stereocenters. The number of nitrogens with zero attached hydrogens (tertiary/aromatic N) is 1. The van der Waals surface area contributed by atoms with Crippen molar-refractivity contribution < 1.29 is 4.74 Å². The van der Waals surface area contributed by atoms with Crippen LogP contribution in [0.1, 0.15) is 16.7 Å². The monoisotopic (exact) mass is 291 g/mol. The van der Waals surface area contributed by atoms with E-state index < -0.39 is 0 Å². The summed E-state index contributed by atoms with van der Waals surface area (Å²) in [5, 5.41) is 9.28. The average molecular weight is 292 g/mol. The van der Waals surface area contributed by atoms with Gasteiger partial charge < -0.3 is 4.74 Å². The summed E-state index contributed by atoms with van der Waals surface area (Å²) in [7, 11) is 0. The standard InChI is InChI=1S/C15H11Cl2NO/c16-8-13-2-1-3-14(17)15(13)19-10-12-6-4-11(9-18)5-7-12/h1-7H,8,10H2. The summed E-state index contributed by atoms with van der Waals surface area (Å²) in [6, 6.07) is 14.8. The van der Waals surface area contributed by atoms with Crippen LogP contribution >= 0.6 is 23.2 Å². The van der Waals surface area contributed by atoms with E-state index >= 15 is 0 Å². The van der Waals surface area contributed by atoms with Crippen LogP contribution in [0.4, 0.5) is 0 Å². The van der Waals surface area contributed by atoms with Crippen LogP contribution in [0.3, 0.4) is 0 Å². The number of rotatable bonds is 4. The Hall–Kier alpha value is -1.69. The number of benzene rings is 2. The van der Waals surface area contributed by atoms with Gasteiger partial charge in [0, 0.05) is 5.56 Å². The third-order valence-electron chi connectivity index (χ3n) is 2.66. The molecule has 0 fully saturated rings. The van der Waals surface area contributed by atoms with Gasteiger partial charge in [-0.1, -0.05) is 35.9 Å². The highest BCUT2D eigenvalue weighted by Gasteiger charge is 2.07. The molecule has 0 amide bonds. The lowest BCUT2D eigenvalue weighted by molar-refractivity contribution is 0.304. The Morgan fingerprint density at radius 1 is 1.11 bits per heavy atom. The minimum Gasteiger partial charge on any atom is -0.487 e. The lowest BCUT2D eigenvalue weighted by Gasteiger charge is -2.11. The van der Waals surface area contributed by atoms with Gasteiger partial charge in [-0.25, -0.2) is 0 Å². The molecule has 0 spiro atoms. The topological polar surface area (TPSA) is 33.0 Å². The summed E-state index contributed by atoms with van der Waals surface area (Å²) in [6.45, 7) is 0.388. The van der Waals surface area contributed by atoms with Crippen molar-refractivity contribution in [3.8, 4) is 11.8 Å². The molecule has 0 saturated heterocycles. The zero-order chi connectivity index (χ0) is 13.7. The van der Waals surface area contributed by atoms with E-state index in [1.807, 2.05) is 24.3 Å². The number of halogens is 2. The molecule has 4 heteroatoms. The average Bonchev–Trinajstić information content (AvgIpc) is 2.46. The van der Waals surface area contributed by atoms with E-state index in [1.165, 1.54) is 0 Å². The number of alkyl halides is 1. The van der Waals surface area contributed by atoms with Crippen molar-refractivity contribution in [1.82, 2.24) is 0 Å². The van der Waals surface area contributed by atoms with Crippen molar-refractivity contribution in [3.63, 3.8) is 0 Å². The van der Waals surface area contributed by atoms with Gasteiger partial charge in [0.2, 0.25) is 0 Å². The lowest BCUT2D eigenvalue weighted by Crippen LogP contribution is -1.98. The second-order valence-corrected chi connectivity index (χ2v) is 4.63. The molecule has 2 rings (SSSR count). The molecule has 0 aliphatic heterocycles. The Morgan fingerprint density at radius 3 is 2.47 bits per heavy atom. The zero-order valence-corrected chi connectivity index (χ0v) is 11.6. The van der Waals surface area contributed by atoms with Crippen molar-refractivity contribution in [3.05, 3.63) is 64.2 Å². The molecule has 2 aromatic rings. The van der Waals surface area contributed by atoms with Crippen LogP contribution in [-0.4, -0.2) is 0 Å². The molecule has 0 unspecified atom stereocenters.